The zero-order valence-electron chi connectivity index (χ0n) is 11.3. The van der Waals surface area contributed by atoms with Crippen LogP contribution in [0.2, 0.25) is 0 Å². The Morgan fingerprint density at radius 1 is 1.05 bits per heavy atom. The minimum absolute atomic E-state index is 0.0361. The van der Waals surface area contributed by atoms with Crippen molar-refractivity contribution in [2.45, 2.75) is 18.9 Å². The van der Waals surface area contributed by atoms with Crippen LogP contribution in [0.3, 0.4) is 0 Å². The fourth-order valence-corrected chi connectivity index (χ4v) is 2.50. The Bertz CT molecular complexity index is 619. The van der Waals surface area contributed by atoms with Crippen molar-refractivity contribution in [3.63, 3.8) is 0 Å². The maximum atomic E-state index is 12.5. The summed E-state index contributed by atoms with van der Waals surface area (Å²) in [6, 6.07) is 15.1. The third kappa shape index (κ3) is 2.39. The van der Waals surface area contributed by atoms with Gasteiger partial charge < -0.3 is 9.47 Å². The number of ether oxygens (including phenoxy) is 2. The fraction of sp³-hybridized carbons (Fsp3) is 0.235. The molecule has 0 N–H and O–H groups in total. The van der Waals surface area contributed by atoms with Crippen molar-refractivity contribution in [2.24, 2.45) is 0 Å². The van der Waals surface area contributed by atoms with Gasteiger partial charge in [-0.3, -0.25) is 4.79 Å². The molecule has 2 aromatic carbocycles. The van der Waals surface area contributed by atoms with E-state index in [1.165, 1.54) is 0 Å². The first-order valence-corrected chi connectivity index (χ1v) is 6.71. The molecule has 2 aromatic rings. The number of benzene rings is 2. The summed E-state index contributed by atoms with van der Waals surface area (Å²) >= 11 is 0. The molecule has 20 heavy (non-hydrogen) atoms. The average molecular weight is 268 g/mol. The monoisotopic (exact) mass is 268 g/mol. The van der Waals surface area contributed by atoms with Gasteiger partial charge in [0, 0.05) is 5.56 Å². The summed E-state index contributed by atoms with van der Waals surface area (Å²) in [5, 5.41) is 0. The number of hydrogen-bond donors (Lipinski definition) is 0. The van der Waals surface area contributed by atoms with E-state index in [9.17, 15) is 4.79 Å². The van der Waals surface area contributed by atoms with Crippen LogP contribution in [0.25, 0.3) is 0 Å². The quantitative estimate of drug-likeness (QED) is 0.857. The standard InChI is InChI=1S/C17H16O3/c1-19-14-9-7-12-8-10-16(17(18)15(12)11-14)20-13-5-3-2-4-6-13/h2-7,9,11,16H,8,10H2,1H3. The number of fused-ring (bicyclic) bond motifs is 1. The van der Waals surface area contributed by atoms with E-state index in [1.54, 1.807) is 13.2 Å². The van der Waals surface area contributed by atoms with Crippen LogP contribution in [-0.2, 0) is 6.42 Å². The van der Waals surface area contributed by atoms with Crippen molar-refractivity contribution >= 4 is 5.78 Å². The van der Waals surface area contributed by atoms with Gasteiger partial charge in [0.2, 0.25) is 5.78 Å². The molecular weight excluding hydrogens is 252 g/mol. The molecule has 0 spiro atoms. The molecule has 0 saturated carbocycles. The summed E-state index contributed by atoms with van der Waals surface area (Å²) in [6.07, 6.45) is 1.16. The largest absolute Gasteiger partial charge is 0.497 e. The molecule has 3 nitrogen and oxygen atoms in total. The molecule has 1 unspecified atom stereocenters. The van der Waals surface area contributed by atoms with Crippen LogP contribution in [-0.4, -0.2) is 19.0 Å². The number of rotatable bonds is 3. The van der Waals surface area contributed by atoms with Gasteiger partial charge in [0.15, 0.2) is 6.10 Å². The van der Waals surface area contributed by atoms with Gasteiger partial charge in [-0.15, -0.1) is 0 Å². The van der Waals surface area contributed by atoms with E-state index in [2.05, 4.69) is 0 Å². The van der Waals surface area contributed by atoms with Crippen molar-refractivity contribution in [2.75, 3.05) is 7.11 Å². The summed E-state index contributed by atoms with van der Waals surface area (Å²) in [6.45, 7) is 0. The maximum absolute atomic E-state index is 12.5. The Labute approximate surface area is 118 Å². The molecule has 102 valence electrons. The van der Waals surface area contributed by atoms with E-state index in [0.29, 0.717) is 12.2 Å². The second-order valence-electron chi connectivity index (χ2n) is 4.85. The Morgan fingerprint density at radius 2 is 1.85 bits per heavy atom. The van der Waals surface area contributed by atoms with Gasteiger partial charge >= 0.3 is 0 Å². The number of hydrogen-bond acceptors (Lipinski definition) is 3. The number of carbonyl (C=O) groups is 1. The van der Waals surface area contributed by atoms with E-state index in [-0.39, 0.29) is 5.78 Å². The topological polar surface area (TPSA) is 35.5 Å². The molecule has 0 heterocycles. The number of carbonyl (C=O) groups excluding carboxylic acids is 1. The van der Waals surface area contributed by atoms with Gasteiger partial charge in [0.05, 0.1) is 7.11 Å². The second kappa shape index (κ2) is 5.37. The van der Waals surface area contributed by atoms with Crippen LogP contribution < -0.4 is 9.47 Å². The van der Waals surface area contributed by atoms with Crippen molar-refractivity contribution in [1.29, 1.82) is 0 Å². The van der Waals surface area contributed by atoms with Crippen LogP contribution in [0.4, 0.5) is 0 Å². The summed E-state index contributed by atoms with van der Waals surface area (Å²) in [5.74, 6) is 1.48. The highest BCUT2D eigenvalue weighted by molar-refractivity contribution is 6.02. The predicted molar refractivity (Wildman–Crippen MR) is 76.5 cm³/mol. The summed E-state index contributed by atoms with van der Waals surface area (Å²) in [4.78, 5) is 12.5. The molecule has 0 aromatic heterocycles. The summed E-state index contributed by atoms with van der Waals surface area (Å²) < 4.78 is 11.0. The first-order chi connectivity index (χ1) is 9.78. The molecule has 0 amide bonds. The molecule has 1 aliphatic carbocycles. The molecule has 1 atom stereocenters. The molecule has 0 fully saturated rings. The number of ketones is 1. The highest BCUT2D eigenvalue weighted by Crippen LogP contribution is 2.27. The third-order valence-corrected chi connectivity index (χ3v) is 3.57. The van der Waals surface area contributed by atoms with Gasteiger partial charge in [-0.25, -0.2) is 0 Å². The predicted octanol–water partition coefficient (Wildman–Crippen LogP) is 3.27. The number of aryl methyl sites for hydroxylation is 1. The first-order valence-electron chi connectivity index (χ1n) is 6.71. The maximum Gasteiger partial charge on any atom is 0.203 e. The van der Waals surface area contributed by atoms with Gasteiger partial charge in [-0.2, -0.15) is 0 Å². The zero-order valence-corrected chi connectivity index (χ0v) is 11.3. The summed E-state index contributed by atoms with van der Waals surface area (Å²) in [5.41, 5.74) is 1.79. The smallest absolute Gasteiger partial charge is 0.203 e. The highest BCUT2D eigenvalue weighted by atomic mass is 16.5. The van der Waals surface area contributed by atoms with Crippen LogP contribution >= 0.6 is 0 Å². The van der Waals surface area contributed by atoms with E-state index >= 15 is 0 Å². The lowest BCUT2D eigenvalue weighted by Gasteiger charge is -2.24. The minimum atomic E-state index is -0.406. The lowest BCUT2D eigenvalue weighted by molar-refractivity contribution is 0.0761. The molecule has 0 radical (unpaired) electrons. The van der Waals surface area contributed by atoms with Crippen LogP contribution in [0.1, 0.15) is 22.3 Å². The van der Waals surface area contributed by atoms with Crippen LogP contribution in [0.5, 0.6) is 11.5 Å². The van der Waals surface area contributed by atoms with Crippen molar-refractivity contribution in [3.8, 4) is 11.5 Å². The SMILES string of the molecule is COc1ccc2c(c1)C(=O)C(Oc1ccccc1)CC2. The van der Waals surface area contributed by atoms with E-state index in [4.69, 9.17) is 9.47 Å². The van der Waals surface area contributed by atoms with Crippen molar-refractivity contribution in [1.82, 2.24) is 0 Å². The van der Waals surface area contributed by atoms with Crippen molar-refractivity contribution < 1.29 is 14.3 Å². The number of methoxy groups -OCH3 is 1. The van der Waals surface area contributed by atoms with Gasteiger partial charge in [-0.05, 0) is 42.7 Å². The Hall–Kier alpha value is -2.29. The number of para-hydroxylation sites is 1. The molecular formula is C17H16O3. The molecule has 1 aliphatic rings. The summed E-state index contributed by atoms with van der Waals surface area (Å²) in [7, 11) is 1.60. The fourth-order valence-electron chi connectivity index (χ4n) is 2.50. The van der Waals surface area contributed by atoms with Gasteiger partial charge in [0.1, 0.15) is 11.5 Å². The molecule has 0 bridgehead atoms. The number of Topliss-reactive ketones (excluding diaryl/α,β-unsaturated/α-hetero) is 1. The Morgan fingerprint density at radius 3 is 2.60 bits per heavy atom. The van der Waals surface area contributed by atoms with Crippen LogP contribution in [0.15, 0.2) is 48.5 Å². The normalized spacial score (nSPS) is 17.4. The van der Waals surface area contributed by atoms with Crippen molar-refractivity contribution in [3.05, 3.63) is 59.7 Å². The Kier molecular flexibility index (Phi) is 3.42. The van der Waals surface area contributed by atoms with E-state index < -0.39 is 6.10 Å². The zero-order chi connectivity index (χ0) is 13.9. The second-order valence-corrected chi connectivity index (χ2v) is 4.85. The first kappa shape index (κ1) is 12.7. The molecule has 0 aliphatic heterocycles. The van der Waals surface area contributed by atoms with E-state index in [0.717, 1.165) is 23.3 Å². The highest BCUT2D eigenvalue weighted by Gasteiger charge is 2.29. The minimum Gasteiger partial charge on any atom is -0.497 e. The molecule has 3 rings (SSSR count). The lowest BCUT2D eigenvalue weighted by Crippen LogP contribution is -2.32. The molecule has 0 saturated heterocycles. The average Bonchev–Trinajstić information content (AvgIpc) is 2.51. The lowest BCUT2D eigenvalue weighted by atomic mass is 9.88. The van der Waals surface area contributed by atoms with Crippen LogP contribution in [0, 0.1) is 0 Å². The van der Waals surface area contributed by atoms with E-state index in [1.807, 2.05) is 42.5 Å². The molecule has 3 heteroatoms. The van der Waals surface area contributed by atoms with Gasteiger partial charge in [-0.1, -0.05) is 24.3 Å². The van der Waals surface area contributed by atoms with Gasteiger partial charge in [0.25, 0.3) is 0 Å². The third-order valence-electron chi connectivity index (χ3n) is 3.57. The Balaban J connectivity index is 1.85.